The Kier molecular flexibility index (Phi) is 3.84. The number of hydrogen-bond acceptors (Lipinski definition) is 3. The first-order valence-corrected chi connectivity index (χ1v) is 6.07. The number of nitrogens with one attached hydrogen (secondary N) is 2. The molecule has 0 radical (unpaired) electrons. The number of urea groups is 1. The van der Waals surface area contributed by atoms with Crippen molar-refractivity contribution in [3.63, 3.8) is 0 Å². The highest BCUT2D eigenvalue weighted by Gasteiger charge is 2.06. The number of amides is 2. The number of rotatable bonds is 4. The predicted molar refractivity (Wildman–Crippen MR) is 71.9 cm³/mol. The van der Waals surface area contributed by atoms with Crippen LogP contribution in [0.5, 0.6) is 0 Å². The molecule has 2 N–H and O–H groups in total. The predicted octanol–water partition coefficient (Wildman–Crippen LogP) is 0.826. The molecule has 19 heavy (non-hydrogen) atoms. The van der Waals surface area contributed by atoms with Gasteiger partial charge in [0.25, 0.3) is 0 Å². The fraction of sp³-hybridized carbons (Fsp3) is 0.417. The molecule has 7 nitrogen and oxygen atoms in total. The van der Waals surface area contributed by atoms with Gasteiger partial charge < -0.3 is 5.32 Å². The quantitative estimate of drug-likeness (QED) is 0.856. The van der Waals surface area contributed by atoms with Gasteiger partial charge in [-0.3, -0.25) is 14.7 Å². The number of aromatic nitrogens is 4. The number of anilines is 1. The number of nitrogens with zero attached hydrogens (tertiary/aromatic N) is 4. The van der Waals surface area contributed by atoms with E-state index in [0.29, 0.717) is 12.4 Å². The van der Waals surface area contributed by atoms with Crippen molar-refractivity contribution in [3.8, 4) is 0 Å². The van der Waals surface area contributed by atoms with Gasteiger partial charge in [-0.05, 0) is 18.9 Å². The second-order valence-electron chi connectivity index (χ2n) is 4.45. The summed E-state index contributed by atoms with van der Waals surface area (Å²) in [5.74, 6) is 0.677. The van der Waals surface area contributed by atoms with Gasteiger partial charge in [0.05, 0.1) is 11.9 Å². The molecular weight excluding hydrogens is 244 g/mol. The molecule has 0 unspecified atom stereocenters. The van der Waals surface area contributed by atoms with Gasteiger partial charge in [-0.1, -0.05) is 0 Å². The van der Waals surface area contributed by atoms with Crippen LogP contribution in [0, 0.1) is 6.92 Å². The standard InChI is InChI=1S/C12H18N6O/c1-9-6-11(18(3)16-9)15-12(19)13-5-4-10-7-14-17(2)8-10/h6-8H,4-5H2,1-3H3,(H2,13,15,19). The summed E-state index contributed by atoms with van der Waals surface area (Å²) >= 11 is 0. The molecule has 0 saturated carbocycles. The minimum atomic E-state index is -0.230. The summed E-state index contributed by atoms with van der Waals surface area (Å²) in [5, 5.41) is 13.8. The monoisotopic (exact) mass is 262 g/mol. The van der Waals surface area contributed by atoms with Gasteiger partial charge in [-0.2, -0.15) is 10.2 Å². The molecule has 0 aliphatic rings. The van der Waals surface area contributed by atoms with Crippen molar-refractivity contribution in [1.82, 2.24) is 24.9 Å². The van der Waals surface area contributed by atoms with Crippen LogP contribution in [0.25, 0.3) is 0 Å². The number of aryl methyl sites for hydroxylation is 3. The van der Waals surface area contributed by atoms with Crippen LogP contribution in [-0.2, 0) is 20.5 Å². The van der Waals surface area contributed by atoms with Crippen molar-refractivity contribution < 1.29 is 4.79 Å². The molecular formula is C12H18N6O. The Labute approximate surface area is 111 Å². The third-order valence-corrected chi connectivity index (χ3v) is 2.70. The van der Waals surface area contributed by atoms with E-state index in [4.69, 9.17) is 0 Å². The Morgan fingerprint density at radius 1 is 1.42 bits per heavy atom. The van der Waals surface area contributed by atoms with Crippen LogP contribution in [0.4, 0.5) is 10.6 Å². The lowest BCUT2D eigenvalue weighted by molar-refractivity contribution is 0.252. The average Bonchev–Trinajstić information content (AvgIpc) is 2.86. The van der Waals surface area contributed by atoms with Crippen molar-refractivity contribution in [2.45, 2.75) is 13.3 Å². The largest absolute Gasteiger partial charge is 0.337 e. The minimum absolute atomic E-state index is 0.230. The second kappa shape index (κ2) is 5.55. The Bertz CT molecular complexity index is 571. The maximum Gasteiger partial charge on any atom is 0.320 e. The molecule has 2 aromatic rings. The molecule has 0 fully saturated rings. The van der Waals surface area contributed by atoms with Gasteiger partial charge in [0.2, 0.25) is 0 Å². The van der Waals surface area contributed by atoms with Crippen molar-refractivity contribution in [1.29, 1.82) is 0 Å². The Morgan fingerprint density at radius 2 is 2.21 bits per heavy atom. The van der Waals surface area contributed by atoms with E-state index in [1.54, 1.807) is 22.6 Å². The summed E-state index contributed by atoms with van der Waals surface area (Å²) in [6.45, 7) is 2.44. The van der Waals surface area contributed by atoms with Crippen LogP contribution in [0.1, 0.15) is 11.3 Å². The lowest BCUT2D eigenvalue weighted by Crippen LogP contribution is -2.31. The van der Waals surface area contributed by atoms with E-state index in [9.17, 15) is 4.79 Å². The molecule has 0 atom stereocenters. The third-order valence-electron chi connectivity index (χ3n) is 2.70. The zero-order valence-electron chi connectivity index (χ0n) is 11.3. The van der Waals surface area contributed by atoms with Crippen LogP contribution in [-0.4, -0.2) is 32.1 Å². The fourth-order valence-corrected chi connectivity index (χ4v) is 1.81. The van der Waals surface area contributed by atoms with Gasteiger partial charge in [-0.25, -0.2) is 4.79 Å². The van der Waals surface area contributed by atoms with Crippen LogP contribution < -0.4 is 10.6 Å². The summed E-state index contributed by atoms with van der Waals surface area (Å²) in [6.07, 6.45) is 4.49. The lowest BCUT2D eigenvalue weighted by atomic mass is 10.2. The Morgan fingerprint density at radius 3 is 2.79 bits per heavy atom. The second-order valence-corrected chi connectivity index (χ2v) is 4.45. The molecule has 2 amide bonds. The van der Waals surface area contributed by atoms with E-state index in [1.165, 1.54) is 0 Å². The van der Waals surface area contributed by atoms with Gasteiger partial charge >= 0.3 is 6.03 Å². The molecule has 0 bridgehead atoms. The summed E-state index contributed by atoms with van der Waals surface area (Å²) in [6, 6.07) is 1.59. The number of carbonyl (C=O) groups excluding carboxylic acids is 1. The average molecular weight is 262 g/mol. The molecule has 0 aliphatic carbocycles. The summed E-state index contributed by atoms with van der Waals surface area (Å²) in [5.41, 5.74) is 1.97. The van der Waals surface area contributed by atoms with Crippen molar-refractivity contribution in [2.75, 3.05) is 11.9 Å². The van der Waals surface area contributed by atoms with Gasteiger partial charge in [0.15, 0.2) is 0 Å². The molecule has 102 valence electrons. The normalized spacial score (nSPS) is 10.5. The van der Waals surface area contributed by atoms with Crippen molar-refractivity contribution >= 4 is 11.8 Å². The summed E-state index contributed by atoms with van der Waals surface area (Å²) in [7, 11) is 3.66. The van der Waals surface area contributed by atoms with Crippen LogP contribution in [0.15, 0.2) is 18.5 Å². The molecule has 0 spiro atoms. The highest BCUT2D eigenvalue weighted by molar-refractivity contribution is 5.88. The molecule has 2 heterocycles. The maximum atomic E-state index is 11.7. The molecule has 0 aromatic carbocycles. The van der Waals surface area contributed by atoms with E-state index >= 15 is 0 Å². The third kappa shape index (κ3) is 3.57. The van der Waals surface area contributed by atoms with Gasteiger partial charge in [0.1, 0.15) is 5.82 Å². The fourth-order valence-electron chi connectivity index (χ4n) is 1.81. The highest BCUT2D eigenvalue weighted by Crippen LogP contribution is 2.07. The van der Waals surface area contributed by atoms with E-state index in [1.807, 2.05) is 26.2 Å². The van der Waals surface area contributed by atoms with Crippen LogP contribution >= 0.6 is 0 Å². The van der Waals surface area contributed by atoms with Crippen molar-refractivity contribution in [2.24, 2.45) is 14.1 Å². The van der Waals surface area contributed by atoms with E-state index < -0.39 is 0 Å². The van der Waals surface area contributed by atoms with Gasteiger partial charge in [0, 0.05) is 32.9 Å². The Hall–Kier alpha value is -2.31. The van der Waals surface area contributed by atoms with Crippen LogP contribution in [0.2, 0.25) is 0 Å². The number of carbonyl (C=O) groups is 1. The first-order chi connectivity index (χ1) is 9.04. The SMILES string of the molecule is Cc1cc(NC(=O)NCCc2cnn(C)c2)n(C)n1. The zero-order chi connectivity index (χ0) is 13.8. The molecule has 0 saturated heterocycles. The topological polar surface area (TPSA) is 76.8 Å². The van der Waals surface area contributed by atoms with E-state index in [-0.39, 0.29) is 6.03 Å². The summed E-state index contributed by atoms with van der Waals surface area (Å²) < 4.78 is 3.38. The highest BCUT2D eigenvalue weighted by atomic mass is 16.2. The molecule has 7 heteroatoms. The van der Waals surface area contributed by atoms with Gasteiger partial charge in [-0.15, -0.1) is 0 Å². The molecule has 0 aliphatic heterocycles. The minimum Gasteiger partial charge on any atom is -0.337 e. The molecule has 2 aromatic heterocycles. The van der Waals surface area contributed by atoms with E-state index in [0.717, 1.165) is 17.7 Å². The summed E-state index contributed by atoms with van der Waals surface area (Å²) in [4.78, 5) is 11.7. The van der Waals surface area contributed by atoms with Crippen LogP contribution in [0.3, 0.4) is 0 Å². The zero-order valence-corrected chi connectivity index (χ0v) is 11.3. The number of hydrogen-bond donors (Lipinski definition) is 2. The molecule has 2 rings (SSSR count). The smallest absolute Gasteiger partial charge is 0.320 e. The van der Waals surface area contributed by atoms with Crippen molar-refractivity contribution in [3.05, 3.63) is 29.7 Å². The Balaban J connectivity index is 1.77. The maximum absolute atomic E-state index is 11.7. The first-order valence-electron chi connectivity index (χ1n) is 6.07. The van der Waals surface area contributed by atoms with E-state index in [2.05, 4.69) is 20.8 Å². The first kappa shape index (κ1) is 13.1. The lowest BCUT2D eigenvalue weighted by Gasteiger charge is -2.06.